The van der Waals surface area contributed by atoms with E-state index in [9.17, 15) is 4.79 Å². The number of carbonyl (C=O) groups excluding carboxylic acids is 1. The highest BCUT2D eigenvalue weighted by Crippen LogP contribution is 2.27. The molecule has 0 aliphatic heterocycles. The van der Waals surface area contributed by atoms with Crippen LogP contribution >= 0.6 is 0 Å². The van der Waals surface area contributed by atoms with Gasteiger partial charge in [-0.2, -0.15) is 5.10 Å². The number of nitrogens with zero attached hydrogens (tertiary/aromatic N) is 2. The Kier molecular flexibility index (Phi) is 4.81. The van der Waals surface area contributed by atoms with Gasteiger partial charge in [0.15, 0.2) is 11.5 Å². The highest BCUT2D eigenvalue weighted by atomic mass is 16.5. The molecule has 0 fully saturated rings. The van der Waals surface area contributed by atoms with E-state index in [1.165, 1.54) is 0 Å². The van der Waals surface area contributed by atoms with E-state index in [0.29, 0.717) is 23.6 Å². The van der Waals surface area contributed by atoms with Gasteiger partial charge in [0.05, 0.1) is 26.0 Å². The van der Waals surface area contributed by atoms with Gasteiger partial charge in [-0.3, -0.25) is 9.48 Å². The SMILES string of the molecule is CCn1cc(C(=O)NCc2ccc(OC)c(OC)c2)cn1. The molecule has 0 bridgehead atoms. The maximum atomic E-state index is 12.0. The summed E-state index contributed by atoms with van der Waals surface area (Å²) in [6, 6.07) is 5.54. The Morgan fingerprint density at radius 2 is 2.05 bits per heavy atom. The van der Waals surface area contributed by atoms with Crippen LogP contribution in [0.2, 0.25) is 0 Å². The number of nitrogens with one attached hydrogen (secondary N) is 1. The Morgan fingerprint density at radius 1 is 1.29 bits per heavy atom. The Bertz CT molecular complexity index is 622. The first-order chi connectivity index (χ1) is 10.2. The molecule has 0 atom stereocenters. The fourth-order valence-electron chi connectivity index (χ4n) is 1.93. The van der Waals surface area contributed by atoms with Gasteiger partial charge in [0.2, 0.25) is 0 Å². The minimum absolute atomic E-state index is 0.149. The topological polar surface area (TPSA) is 65.4 Å². The summed E-state index contributed by atoms with van der Waals surface area (Å²) in [6.07, 6.45) is 3.29. The number of aryl methyl sites for hydroxylation is 1. The van der Waals surface area contributed by atoms with Gasteiger partial charge in [0.25, 0.3) is 5.91 Å². The summed E-state index contributed by atoms with van der Waals surface area (Å²) in [4.78, 5) is 12.0. The van der Waals surface area contributed by atoms with E-state index >= 15 is 0 Å². The van der Waals surface area contributed by atoms with E-state index in [4.69, 9.17) is 9.47 Å². The third kappa shape index (κ3) is 3.53. The molecule has 0 aliphatic carbocycles. The number of ether oxygens (including phenoxy) is 2. The molecule has 1 aromatic heterocycles. The Hall–Kier alpha value is -2.50. The first kappa shape index (κ1) is 14.9. The van der Waals surface area contributed by atoms with Gasteiger partial charge in [-0.1, -0.05) is 6.07 Å². The Morgan fingerprint density at radius 3 is 2.67 bits per heavy atom. The normalized spacial score (nSPS) is 10.2. The Labute approximate surface area is 123 Å². The number of aromatic nitrogens is 2. The molecule has 1 N–H and O–H groups in total. The third-order valence-corrected chi connectivity index (χ3v) is 3.12. The molecule has 1 amide bonds. The van der Waals surface area contributed by atoms with Crippen LogP contribution in [0.5, 0.6) is 11.5 Å². The largest absolute Gasteiger partial charge is 0.493 e. The summed E-state index contributed by atoms with van der Waals surface area (Å²) in [5.41, 5.74) is 1.49. The second kappa shape index (κ2) is 6.78. The highest BCUT2D eigenvalue weighted by Gasteiger charge is 2.09. The van der Waals surface area contributed by atoms with Crippen LogP contribution in [0, 0.1) is 0 Å². The second-order valence-corrected chi connectivity index (χ2v) is 4.46. The summed E-state index contributed by atoms with van der Waals surface area (Å²) in [5, 5.41) is 6.93. The summed E-state index contributed by atoms with van der Waals surface area (Å²) in [6.45, 7) is 3.12. The zero-order chi connectivity index (χ0) is 15.2. The zero-order valence-corrected chi connectivity index (χ0v) is 12.4. The molecule has 21 heavy (non-hydrogen) atoms. The lowest BCUT2D eigenvalue weighted by molar-refractivity contribution is 0.0951. The lowest BCUT2D eigenvalue weighted by atomic mass is 10.2. The van der Waals surface area contributed by atoms with E-state index in [1.807, 2.05) is 25.1 Å². The molecule has 6 nitrogen and oxygen atoms in total. The molecule has 2 aromatic rings. The first-order valence-corrected chi connectivity index (χ1v) is 6.69. The molecule has 0 spiro atoms. The van der Waals surface area contributed by atoms with Crippen molar-refractivity contribution >= 4 is 5.91 Å². The van der Waals surface area contributed by atoms with Gasteiger partial charge >= 0.3 is 0 Å². The number of hydrogen-bond acceptors (Lipinski definition) is 4. The number of hydrogen-bond donors (Lipinski definition) is 1. The van der Waals surface area contributed by atoms with Crippen molar-refractivity contribution in [2.75, 3.05) is 14.2 Å². The fourth-order valence-corrected chi connectivity index (χ4v) is 1.93. The fraction of sp³-hybridized carbons (Fsp3) is 0.333. The van der Waals surface area contributed by atoms with Gasteiger partial charge in [-0.25, -0.2) is 0 Å². The van der Waals surface area contributed by atoms with Crippen LogP contribution in [-0.2, 0) is 13.1 Å². The predicted octanol–water partition coefficient (Wildman–Crippen LogP) is 1.85. The number of carbonyl (C=O) groups is 1. The zero-order valence-electron chi connectivity index (χ0n) is 12.4. The lowest BCUT2D eigenvalue weighted by Gasteiger charge is -2.10. The van der Waals surface area contributed by atoms with E-state index < -0.39 is 0 Å². The molecule has 6 heteroatoms. The molecule has 2 rings (SSSR count). The molecule has 0 radical (unpaired) electrons. The molecule has 0 aliphatic rings. The molecule has 1 heterocycles. The van der Waals surface area contributed by atoms with Crippen molar-refractivity contribution in [1.82, 2.24) is 15.1 Å². The average molecular weight is 289 g/mol. The number of rotatable bonds is 6. The summed E-state index contributed by atoms with van der Waals surface area (Å²) in [5.74, 6) is 1.16. The lowest BCUT2D eigenvalue weighted by Crippen LogP contribution is -2.22. The van der Waals surface area contributed by atoms with Crippen LogP contribution in [0.1, 0.15) is 22.8 Å². The van der Waals surface area contributed by atoms with Gasteiger partial charge in [-0.05, 0) is 24.6 Å². The van der Waals surface area contributed by atoms with E-state index in [0.717, 1.165) is 12.1 Å². The van der Waals surface area contributed by atoms with Gasteiger partial charge in [-0.15, -0.1) is 0 Å². The van der Waals surface area contributed by atoms with Gasteiger partial charge in [0, 0.05) is 19.3 Å². The summed E-state index contributed by atoms with van der Waals surface area (Å²) in [7, 11) is 3.17. The smallest absolute Gasteiger partial charge is 0.254 e. The van der Waals surface area contributed by atoms with Crippen molar-refractivity contribution in [1.29, 1.82) is 0 Å². The average Bonchev–Trinajstić information content (AvgIpc) is 3.01. The van der Waals surface area contributed by atoms with Crippen molar-refractivity contribution in [3.8, 4) is 11.5 Å². The summed E-state index contributed by atoms with van der Waals surface area (Å²) < 4.78 is 12.1. The van der Waals surface area contributed by atoms with Crippen molar-refractivity contribution < 1.29 is 14.3 Å². The molecular weight excluding hydrogens is 270 g/mol. The van der Waals surface area contributed by atoms with Crippen LogP contribution in [0.3, 0.4) is 0 Å². The molecule has 0 saturated heterocycles. The number of methoxy groups -OCH3 is 2. The molecule has 0 saturated carbocycles. The monoisotopic (exact) mass is 289 g/mol. The first-order valence-electron chi connectivity index (χ1n) is 6.69. The van der Waals surface area contributed by atoms with Crippen LogP contribution in [-0.4, -0.2) is 29.9 Å². The molecule has 1 aromatic carbocycles. The van der Waals surface area contributed by atoms with Crippen molar-refractivity contribution in [3.63, 3.8) is 0 Å². The van der Waals surface area contributed by atoms with Gasteiger partial charge in [0.1, 0.15) is 0 Å². The van der Waals surface area contributed by atoms with Crippen molar-refractivity contribution in [2.45, 2.75) is 20.0 Å². The maximum Gasteiger partial charge on any atom is 0.254 e. The minimum Gasteiger partial charge on any atom is -0.493 e. The third-order valence-electron chi connectivity index (χ3n) is 3.12. The predicted molar refractivity (Wildman–Crippen MR) is 78.6 cm³/mol. The highest BCUT2D eigenvalue weighted by molar-refractivity contribution is 5.93. The minimum atomic E-state index is -0.149. The Balaban J connectivity index is 2.00. The van der Waals surface area contributed by atoms with E-state index in [-0.39, 0.29) is 5.91 Å². The standard InChI is InChI=1S/C15H19N3O3/c1-4-18-10-12(9-17-18)15(19)16-8-11-5-6-13(20-2)14(7-11)21-3/h5-7,9-10H,4,8H2,1-3H3,(H,16,19). The molecule has 112 valence electrons. The second-order valence-electron chi connectivity index (χ2n) is 4.46. The van der Waals surface area contributed by atoms with Crippen LogP contribution < -0.4 is 14.8 Å². The quantitative estimate of drug-likeness (QED) is 0.881. The van der Waals surface area contributed by atoms with Crippen molar-refractivity contribution in [3.05, 3.63) is 41.7 Å². The molecule has 0 unspecified atom stereocenters. The number of benzene rings is 1. The number of amides is 1. The van der Waals surface area contributed by atoms with Gasteiger partial charge < -0.3 is 14.8 Å². The maximum absolute atomic E-state index is 12.0. The summed E-state index contributed by atoms with van der Waals surface area (Å²) >= 11 is 0. The van der Waals surface area contributed by atoms with E-state index in [2.05, 4.69) is 10.4 Å². The van der Waals surface area contributed by atoms with Crippen molar-refractivity contribution in [2.24, 2.45) is 0 Å². The van der Waals surface area contributed by atoms with Crippen LogP contribution in [0.15, 0.2) is 30.6 Å². The van der Waals surface area contributed by atoms with Crippen LogP contribution in [0.25, 0.3) is 0 Å². The van der Waals surface area contributed by atoms with E-state index in [1.54, 1.807) is 31.3 Å². The molecular formula is C15H19N3O3. The van der Waals surface area contributed by atoms with Crippen LogP contribution in [0.4, 0.5) is 0 Å².